The van der Waals surface area contributed by atoms with Gasteiger partial charge in [0, 0.05) is 17.8 Å². The van der Waals surface area contributed by atoms with E-state index in [0.717, 1.165) is 5.69 Å². The molecule has 186 valence electrons. The third-order valence-corrected chi connectivity index (χ3v) is 5.76. The number of rotatable bonds is 4. The van der Waals surface area contributed by atoms with Gasteiger partial charge < -0.3 is 15.0 Å². The van der Waals surface area contributed by atoms with Crippen LogP contribution < -0.4 is 15.0 Å². The average molecular weight is 497 g/mol. The first-order chi connectivity index (χ1) is 17.2. The summed E-state index contributed by atoms with van der Waals surface area (Å²) in [5, 5.41) is 16.2. The number of nitrogens with one attached hydrogen (secondary N) is 1. The molecule has 0 unspecified atom stereocenters. The first-order valence-electron chi connectivity index (χ1n) is 11.1. The van der Waals surface area contributed by atoms with Gasteiger partial charge in [-0.1, -0.05) is 18.2 Å². The summed E-state index contributed by atoms with van der Waals surface area (Å²) in [7, 11) is 1.46. The van der Waals surface area contributed by atoms with Gasteiger partial charge >= 0.3 is 6.18 Å². The third-order valence-electron chi connectivity index (χ3n) is 5.76. The number of amides is 2. The van der Waals surface area contributed by atoms with Crippen LogP contribution in [0.3, 0.4) is 0 Å². The van der Waals surface area contributed by atoms with Crippen molar-refractivity contribution in [3.8, 4) is 11.8 Å². The summed E-state index contributed by atoms with van der Waals surface area (Å²) in [4.78, 5) is 27.4. The van der Waals surface area contributed by atoms with Crippen LogP contribution in [0.25, 0.3) is 0 Å². The molecular formula is C25H22F3N5O3. The Morgan fingerprint density at radius 2 is 1.89 bits per heavy atom. The highest BCUT2D eigenvalue weighted by Crippen LogP contribution is 2.43. The normalized spacial score (nSPS) is 14.8. The molecule has 0 radical (unpaired) electrons. The monoisotopic (exact) mass is 497 g/mol. The van der Waals surface area contributed by atoms with Gasteiger partial charge in [-0.2, -0.15) is 23.5 Å². The van der Waals surface area contributed by atoms with Crippen molar-refractivity contribution in [1.29, 1.82) is 5.26 Å². The summed E-state index contributed by atoms with van der Waals surface area (Å²) < 4.78 is 40.4. The van der Waals surface area contributed by atoms with Crippen LogP contribution in [0.15, 0.2) is 54.7 Å². The molecule has 36 heavy (non-hydrogen) atoms. The van der Waals surface area contributed by atoms with E-state index in [1.54, 1.807) is 21.7 Å². The van der Waals surface area contributed by atoms with Crippen LogP contribution >= 0.6 is 0 Å². The number of nitriles is 1. The van der Waals surface area contributed by atoms with Gasteiger partial charge in [0.15, 0.2) is 0 Å². The van der Waals surface area contributed by atoms with Crippen LogP contribution in [0.4, 0.5) is 24.5 Å². The molecule has 0 atom stereocenters. The van der Waals surface area contributed by atoms with Gasteiger partial charge in [0.1, 0.15) is 17.5 Å². The molecule has 1 aliphatic heterocycles. The van der Waals surface area contributed by atoms with Gasteiger partial charge in [-0.05, 0) is 43.2 Å². The number of hydrogen-bond donors (Lipinski definition) is 1. The Morgan fingerprint density at radius 1 is 1.17 bits per heavy atom. The maximum Gasteiger partial charge on any atom is 0.391 e. The summed E-state index contributed by atoms with van der Waals surface area (Å²) in [6, 6.07) is 15.9. The van der Waals surface area contributed by atoms with Gasteiger partial charge in [-0.3, -0.25) is 14.3 Å². The molecular weight excluding hydrogens is 475 g/mol. The highest BCUT2D eigenvalue weighted by molar-refractivity contribution is 6.13. The number of alkyl halides is 3. The molecule has 1 aliphatic carbocycles. The van der Waals surface area contributed by atoms with Crippen LogP contribution in [0.5, 0.6) is 5.75 Å². The fraction of sp³-hybridized carbons (Fsp3) is 0.280. The highest BCUT2D eigenvalue weighted by Gasteiger charge is 2.46. The molecule has 2 heterocycles. The van der Waals surface area contributed by atoms with E-state index in [2.05, 4.69) is 10.4 Å². The predicted octanol–water partition coefficient (Wildman–Crippen LogP) is 4.63. The molecule has 1 aromatic heterocycles. The van der Waals surface area contributed by atoms with E-state index in [-0.39, 0.29) is 17.0 Å². The molecule has 0 spiro atoms. The summed E-state index contributed by atoms with van der Waals surface area (Å²) in [6.07, 6.45) is -1.72. The lowest BCUT2D eigenvalue weighted by Gasteiger charge is -2.28. The van der Waals surface area contributed by atoms with Crippen molar-refractivity contribution >= 4 is 23.2 Å². The minimum absolute atomic E-state index is 0.234. The SMILES string of the molecule is COc1ccc(C(=O)Nc2cnn3c2C(=O)N(c2ccccc2)CC3)cc1C#N.FC(F)(F)C1CC1. The lowest BCUT2D eigenvalue weighted by molar-refractivity contribution is -0.147. The Hall–Kier alpha value is -4.33. The maximum atomic E-state index is 13.1. The number of carbonyl (C=O) groups excluding carboxylic acids is 2. The van der Waals surface area contributed by atoms with Crippen molar-refractivity contribution in [2.45, 2.75) is 25.6 Å². The summed E-state index contributed by atoms with van der Waals surface area (Å²) in [5.41, 5.74) is 1.97. The lowest BCUT2D eigenvalue weighted by Crippen LogP contribution is -2.41. The van der Waals surface area contributed by atoms with E-state index in [1.807, 2.05) is 36.4 Å². The van der Waals surface area contributed by atoms with Gasteiger partial charge in [-0.15, -0.1) is 0 Å². The molecule has 1 fully saturated rings. The topological polar surface area (TPSA) is 100 Å². The Bertz CT molecular complexity index is 1310. The van der Waals surface area contributed by atoms with Gasteiger partial charge in [-0.25, -0.2) is 0 Å². The van der Waals surface area contributed by atoms with Crippen molar-refractivity contribution in [3.63, 3.8) is 0 Å². The Labute approximate surface area is 204 Å². The summed E-state index contributed by atoms with van der Waals surface area (Å²) >= 11 is 0. The number of aromatic nitrogens is 2. The fourth-order valence-corrected chi connectivity index (χ4v) is 3.69. The van der Waals surface area contributed by atoms with E-state index in [1.165, 1.54) is 19.4 Å². The first kappa shape index (κ1) is 24.8. The second-order valence-corrected chi connectivity index (χ2v) is 8.22. The predicted molar refractivity (Wildman–Crippen MR) is 125 cm³/mol. The molecule has 0 saturated heterocycles. The highest BCUT2D eigenvalue weighted by atomic mass is 19.4. The van der Waals surface area contributed by atoms with E-state index in [9.17, 15) is 28.0 Å². The molecule has 5 rings (SSSR count). The minimum atomic E-state index is -3.89. The number of nitrogens with zero attached hydrogens (tertiary/aromatic N) is 4. The molecule has 11 heteroatoms. The molecule has 8 nitrogen and oxygen atoms in total. The van der Waals surface area contributed by atoms with E-state index >= 15 is 0 Å². The van der Waals surface area contributed by atoms with Crippen molar-refractivity contribution in [1.82, 2.24) is 9.78 Å². The summed E-state index contributed by atoms with van der Waals surface area (Å²) in [6.45, 7) is 1.02. The van der Waals surface area contributed by atoms with Gasteiger partial charge in [0.05, 0.1) is 37.0 Å². The smallest absolute Gasteiger partial charge is 0.391 e. The standard InChI is InChI=1S/C21H17N5O3.C4H5F3/c1-29-18-8-7-14(11-15(18)12-22)20(27)24-17-13-23-26-10-9-25(21(28)19(17)26)16-5-3-2-4-6-16;5-4(6,7)3-1-2-3/h2-8,11,13H,9-10H2,1H3,(H,24,27);3H,1-2H2. The third kappa shape index (κ3) is 5.33. The zero-order valence-corrected chi connectivity index (χ0v) is 19.2. The van der Waals surface area contributed by atoms with Gasteiger partial charge in [0.25, 0.3) is 11.8 Å². The van der Waals surface area contributed by atoms with Crippen LogP contribution in [0.1, 0.15) is 39.3 Å². The Morgan fingerprint density at radius 3 is 2.47 bits per heavy atom. The number of hydrogen-bond acceptors (Lipinski definition) is 5. The van der Waals surface area contributed by atoms with E-state index < -0.39 is 18.0 Å². The Kier molecular flexibility index (Phi) is 6.96. The average Bonchev–Trinajstić information content (AvgIpc) is 3.67. The lowest BCUT2D eigenvalue weighted by atomic mass is 10.1. The quantitative estimate of drug-likeness (QED) is 0.566. The van der Waals surface area contributed by atoms with Crippen molar-refractivity contribution in [3.05, 3.63) is 71.5 Å². The van der Waals surface area contributed by atoms with Crippen molar-refractivity contribution in [2.24, 2.45) is 5.92 Å². The fourth-order valence-electron chi connectivity index (χ4n) is 3.69. The van der Waals surface area contributed by atoms with Gasteiger partial charge in [0.2, 0.25) is 0 Å². The maximum absolute atomic E-state index is 13.1. The number of anilines is 2. The number of ether oxygens (including phenoxy) is 1. The van der Waals surface area contributed by atoms with Crippen molar-refractivity contribution in [2.75, 3.05) is 23.9 Å². The molecule has 2 aromatic carbocycles. The zero-order valence-electron chi connectivity index (χ0n) is 19.2. The van der Waals surface area contributed by atoms with Crippen LogP contribution in [0, 0.1) is 17.2 Å². The minimum Gasteiger partial charge on any atom is -0.495 e. The van der Waals surface area contributed by atoms with Crippen LogP contribution in [-0.2, 0) is 6.54 Å². The Balaban J connectivity index is 0.000000375. The molecule has 0 bridgehead atoms. The van der Waals surface area contributed by atoms with Crippen molar-refractivity contribution < 1.29 is 27.5 Å². The number of methoxy groups -OCH3 is 1. The van der Waals surface area contributed by atoms with Crippen LogP contribution in [-0.4, -0.2) is 41.4 Å². The second-order valence-electron chi connectivity index (χ2n) is 8.22. The number of fused-ring (bicyclic) bond motifs is 1. The summed E-state index contributed by atoms with van der Waals surface area (Å²) in [5.74, 6) is -1.24. The largest absolute Gasteiger partial charge is 0.495 e. The molecule has 2 amide bonds. The number of para-hydroxylation sites is 1. The van der Waals surface area contributed by atoms with E-state index in [0.29, 0.717) is 43.1 Å². The number of benzene rings is 2. The molecule has 1 N–H and O–H groups in total. The molecule has 2 aliphatic rings. The van der Waals surface area contributed by atoms with E-state index in [4.69, 9.17) is 4.74 Å². The molecule has 3 aromatic rings. The van der Waals surface area contributed by atoms with Crippen LogP contribution in [0.2, 0.25) is 0 Å². The second kappa shape index (κ2) is 10.1. The number of halogens is 3. The number of carbonyl (C=O) groups is 2. The zero-order chi connectivity index (χ0) is 25.9. The first-order valence-corrected chi connectivity index (χ1v) is 11.1. The molecule has 1 saturated carbocycles.